The van der Waals surface area contributed by atoms with Crippen molar-refractivity contribution in [3.63, 3.8) is 0 Å². The van der Waals surface area contributed by atoms with Gasteiger partial charge in [-0.1, -0.05) is 19.3 Å². The molecule has 2 aromatic rings. The van der Waals surface area contributed by atoms with Crippen LogP contribution >= 0.6 is 0 Å². The molecule has 0 atom stereocenters. The molecule has 2 aromatic heterocycles. The Labute approximate surface area is 115 Å². The van der Waals surface area contributed by atoms with Crippen molar-refractivity contribution >= 4 is 17.1 Å². The van der Waals surface area contributed by atoms with Gasteiger partial charge in [-0.2, -0.15) is 0 Å². The van der Waals surface area contributed by atoms with Crippen LogP contribution in [0.15, 0.2) is 23.1 Å². The molecule has 0 spiro atoms. The third-order valence-electron chi connectivity index (χ3n) is 3.96. The molecule has 0 unspecified atom stereocenters. The van der Waals surface area contributed by atoms with Crippen molar-refractivity contribution in [2.24, 2.45) is 0 Å². The van der Waals surface area contributed by atoms with E-state index in [0.29, 0.717) is 11.2 Å². The highest BCUT2D eigenvalue weighted by molar-refractivity contribution is 5.75. The lowest BCUT2D eigenvalue weighted by Gasteiger charge is -2.22. The van der Waals surface area contributed by atoms with Gasteiger partial charge in [0.2, 0.25) is 0 Å². The van der Waals surface area contributed by atoms with E-state index < -0.39 is 5.97 Å². The van der Waals surface area contributed by atoms with Crippen LogP contribution in [0.1, 0.15) is 38.1 Å². The predicted molar refractivity (Wildman–Crippen MR) is 73.8 cm³/mol. The second-order valence-electron chi connectivity index (χ2n) is 5.27. The Bertz CT molecular complexity index is 695. The maximum Gasteiger partial charge on any atom is 0.331 e. The van der Waals surface area contributed by atoms with E-state index >= 15 is 0 Å². The molecule has 0 aromatic carbocycles. The average Bonchev–Trinajstić information content (AvgIpc) is 2.72. The lowest BCUT2D eigenvalue weighted by atomic mass is 9.95. The van der Waals surface area contributed by atoms with Crippen LogP contribution in [-0.2, 0) is 11.3 Å². The van der Waals surface area contributed by atoms with Crippen molar-refractivity contribution in [2.45, 2.75) is 44.7 Å². The molecule has 2 heterocycles. The van der Waals surface area contributed by atoms with Gasteiger partial charge in [0, 0.05) is 12.2 Å². The molecule has 1 fully saturated rings. The van der Waals surface area contributed by atoms with Gasteiger partial charge in [-0.25, -0.2) is 9.78 Å². The second kappa shape index (κ2) is 5.11. The molecule has 0 amide bonds. The molecule has 20 heavy (non-hydrogen) atoms. The first-order valence-corrected chi connectivity index (χ1v) is 6.96. The van der Waals surface area contributed by atoms with Gasteiger partial charge in [-0.15, -0.1) is 0 Å². The minimum atomic E-state index is -1.02. The SMILES string of the molecule is O=C(O)Cn1c(=O)n(C2CCCCC2)c2ncccc21. The van der Waals surface area contributed by atoms with E-state index in [1.165, 1.54) is 11.0 Å². The summed E-state index contributed by atoms with van der Waals surface area (Å²) in [7, 11) is 0. The lowest BCUT2D eigenvalue weighted by molar-refractivity contribution is -0.137. The Hall–Kier alpha value is -2.11. The number of nitrogens with zero attached hydrogens (tertiary/aromatic N) is 3. The van der Waals surface area contributed by atoms with Crippen molar-refractivity contribution in [1.82, 2.24) is 14.1 Å². The fourth-order valence-electron chi connectivity index (χ4n) is 3.06. The zero-order chi connectivity index (χ0) is 14.1. The first-order chi connectivity index (χ1) is 9.68. The second-order valence-corrected chi connectivity index (χ2v) is 5.27. The number of pyridine rings is 1. The molecule has 0 saturated heterocycles. The summed E-state index contributed by atoms with van der Waals surface area (Å²) in [5.41, 5.74) is 0.948. The lowest BCUT2D eigenvalue weighted by Crippen LogP contribution is -2.30. The first kappa shape index (κ1) is 12.9. The van der Waals surface area contributed by atoms with Crippen LogP contribution in [0.2, 0.25) is 0 Å². The third-order valence-corrected chi connectivity index (χ3v) is 3.96. The molecule has 1 aliphatic rings. The van der Waals surface area contributed by atoms with Gasteiger partial charge in [0.1, 0.15) is 6.54 Å². The van der Waals surface area contributed by atoms with Crippen molar-refractivity contribution < 1.29 is 9.90 Å². The van der Waals surface area contributed by atoms with Crippen LogP contribution < -0.4 is 5.69 Å². The maximum absolute atomic E-state index is 12.5. The largest absolute Gasteiger partial charge is 0.480 e. The minimum Gasteiger partial charge on any atom is -0.480 e. The Kier molecular flexibility index (Phi) is 3.30. The van der Waals surface area contributed by atoms with Crippen molar-refractivity contribution in [2.75, 3.05) is 0 Å². The van der Waals surface area contributed by atoms with Crippen molar-refractivity contribution in [1.29, 1.82) is 0 Å². The molecule has 3 rings (SSSR count). The van der Waals surface area contributed by atoms with E-state index in [4.69, 9.17) is 5.11 Å². The molecule has 106 valence electrons. The number of fused-ring (bicyclic) bond motifs is 1. The Balaban J connectivity index is 2.18. The fraction of sp³-hybridized carbons (Fsp3) is 0.500. The standard InChI is InChI=1S/C14H17N3O3/c18-12(19)9-16-11-7-4-8-15-13(11)17(14(16)20)10-5-2-1-3-6-10/h4,7-8,10H,1-3,5-6,9H2,(H,18,19). The monoisotopic (exact) mass is 275 g/mol. The minimum absolute atomic E-state index is 0.142. The van der Waals surface area contributed by atoms with Crippen LogP contribution in [-0.4, -0.2) is 25.2 Å². The number of aliphatic carboxylic acids is 1. The van der Waals surface area contributed by atoms with Gasteiger partial charge in [0.25, 0.3) is 0 Å². The number of imidazole rings is 1. The summed E-state index contributed by atoms with van der Waals surface area (Å²) in [4.78, 5) is 27.8. The van der Waals surface area contributed by atoms with Crippen LogP contribution in [0.25, 0.3) is 11.2 Å². The summed E-state index contributed by atoms with van der Waals surface area (Å²) >= 11 is 0. The van der Waals surface area contributed by atoms with Gasteiger partial charge in [0.05, 0.1) is 5.52 Å². The number of hydrogen-bond acceptors (Lipinski definition) is 3. The van der Waals surface area contributed by atoms with Crippen LogP contribution in [0.4, 0.5) is 0 Å². The molecule has 1 aliphatic carbocycles. The zero-order valence-electron chi connectivity index (χ0n) is 11.2. The van der Waals surface area contributed by atoms with E-state index in [1.807, 2.05) is 0 Å². The topological polar surface area (TPSA) is 77.1 Å². The van der Waals surface area contributed by atoms with E-state index in [2.05, 4.69) is 4.98 Å². The summed E-state index contributed by atoms with van der Waals surface area (Å²) in [5.74, 6) is -1.02. The van der Waals surface area contributed by atoms with Crippen molar-refractivity contribution in [3.05, 3.63) is 28.8 Å². The zero-order valence-corrected chi connectivity index (χ0v) is 11.2. The summed E-state index contributed by atoms with van der Waals surface area (Å²) in [6.07, 6.45) is 6.98. The number of carbonyl (C=O) groups is 1. The Morgan fingerprint density at radius 1 is 1.35 bits per heavy atom. The fourth-order valence-corrected chi connectivity index (χ4v) is 3.06. The van der Waals surface area contributed by atoms with E-state index in [1.54, 1.807) is 22.9 Å². The number of carboxylic acids is 1. The Morgan fingerprint density at radius 2 is 2.10 bits per heavy atom. The predicted octanol–water partition coefficient (Wildman–Crippen LogP) is 1.79. The normalized spacial score (nSPS) is 16.6. The highest BCUT2D eigenvalue weighted by Gasteiger charge is 2.23. The molecule has 1 N–H and O–H groups in total. The Morgan fingerprint density at radius 3 is 2.80 bits per heavy atom. The molecule has 0 bridgehead atoms. The van der Waals surface area contributed by atoms with Crippen LogP contribution in [0, 0.1) is 0 Å². The van der Waals surface area contributed by atoms with E-state index in [9.17, 15) is 9.59 Å². The number of rotatable bonds is 3. The summed E-state index contributed by atoms with van der Waals surface area (Å²) in [6, 6.07) is 3.63. The molecule has 0 radical (unpaired) electrons. The van der Waals surface area contributed by atoms with Crippen LogP contribution in [0.3, 0.4) is 0 Å². The summed E-state index contributed by atoms with van der Waals surface area (Å²) in [6.45, 7) is -0.319. The summed E-state index contributed by atoms with van der Waals surface area (Å²) < 4.78 is 3.00. The number of carboxylic acid groups (broad SMARTS) is 1. The highest BCUT2D eigenvalue weighted by Crippen LogP contribution is 2.29. The molecule has 0 aliphatic heterocycles. The number of hydrogen-bond donors (Lipinski definition) is 1. The number of aromatic nitrogens is 3. The highest BCUT2D eigenvalue weighted by atomic mass is 16.4. The van der Waals surface area contributed by atoms with Gasteiger partial charge >= 0.3 is 11.7 Å². The van der Waals surface area contributed by atoms with Crippen LogP contribution in [0.5, 0.6) is 0 Å². The smallest absolute Gasteiger partial charge is 0.331 e. The molecule has 6 nitrogen and oxygen atoms in total. The van der Waals surface area contributed by atoms with Gasteiger partial charge < -0.3 is 5.11 Å². The quantitative estimate of drug-likeness (QED) is 0.926. The third kappa shape index (κ3) is 2.11. The van der Waals surface area contributed by atoms with E-state index in [0.717, 1.165) is 25.7 Å². The maximum atomic E-state index is 12.5. The molecular formula is C14H17N3O3. The average molecular weight is 275 g/mol. The van der Waals surface area contributed by atoms with Gasteiger partial charge in [-0.3, -0.25) is 13.9 Å². The van der Waals surface area contributed by atoms with E-state index in [-0.39, 0.29) is 18.3 Å². The van der Waals surface area contributed by atoms with Crippen molar-refractivity contribution in [3.8, 4) is 0 Å². The molecular weight excluding hydrogens is 258 g/mol. The van der Waals surface area contributed by atoms with Gasteiger partial charge in [-0.05, 0) is 25.0 Å². The molecule has 6 heteroatoms. The molecule has 1 saturated carbocycles. The first-order valence-electron chi connectivity index (χ1n) is 6.96. The summed E-state index contributed by atoms with van der Waals surface area (Å²) in [5, 5.41) is 8.98. The van der Waals surface area contributed by atoms with Gasteiger partial charge in [0.15, 0.2) is 5.65 Å².